The first-order valence-corrected chi connectivity index (χ1v) is 9.13. The summed E-state index contributed by atoms with van der Waals surface area (Å²) < 4.78 is 1.85. The average molecular weight is 340 g/mol. The number of amides is 1. The number of piperazine rings is 1. The molecule has 1 amide bonds. The summed E-state index contributed by atoms with van der Waals surface area (Å²) in [5.41, 5.74) is 2.88. The van der Waals surface area contributed by atoms with Crippen LogP contribution in [0.25, 0.3) is 0 Å². The van der Waals surface area contributed by atoms with Crippen LogP contribution in [0.5, 0.6) is 0 Å². The predicted molar refractivity (Wildman–Crippen MR) is 99.7 cm³/mol. The van der Waals surface area contributed by atoms with Crippen LogP contribution in [0.4, 0.5) is 0 Å². The van der Waals surface area contributed by atoms with E-state index >= 15 is 0 Å². The molecule has 0 spiro atoms. The lowest BCUT2D eigenvalue weighted by Crippen LogP contribution is -2.49. The molecule has 0 radical (unpaired) electrons. The van der Waals surface area contributed by atoms with Crippen LogP contribution < -0.4 is 0 Å². The number of benzene rings is 1. The summed E-state index contributed by atoms with van der Waals surface area (Å²) in [5.74, 6) is 0.403. The van der Waals surface area contributed by atoms with Gasteiger partial charge in [-0.1, -0.05) is 44.2 Å². The standard InChI is InChI=1S/C20H28N4O/c1-5-24-18(13-17(21-24)15(2)3)20(25)23-12-11-22(4)14-19(23)16-9-7-6-8-10-16/h6-10,13,15,19H,5,11-12,14H2,1-4H3/t19-/m1/s1. The Kier molecular flexibility index (Phi) is 5.23. The molecule has 1 atom stereocenters. The van der Waals surface area contributed by atoms with Crippen molar-refractivity contribution in [2.45, 2.75) is 39.3 Å². The molecule has 0 aliphatic carbocycles. The van der Waals surface area contributed by atoms with E-state index in [4.69, 9.17) is 0 Å². The van der Waals surface area contributed by atoms with Gasteiger partial charge in [0.2, 0.25) is 0 Å². The van der Waals surface area contributed by atoms with Crippen LogP contribution in [0.2, 0.25) is 0 Å². The minimum absolute atomic E-state index is 0.0788. The number of nitrogens with zero attached hydrogens (tertiary/aromatic N) is 4. The van der Waals surface area contributed by atoms with Gasteiger partial charge >= 0.3 is 0 Å². The number of hydrogen-bond donors (Lipinski definition) is 0. The van der Waals surface area contributed by atoms with Crippen LogP contribution in [0.1, 0.15) is 54.5 Å². The first-order valence-electron chi connectivity index (χ1n) is 9.13. The molecule has 3 rings (SSSR count). The Morgan fingerprint density at radius 3 is 2.60 bits per heavy atom. The maximum atomic E-state index is 13.4. The van der Waals surface area contributed by atoms with Gasteiger partial charge in [0.15, 0.2) is 0 Å². The van der Waals surface area contributed by atoms with Gasteiger partial charge in [-0.15, -0.1) is 0 Å². The first kappa shape index (κ1) is 17.7. The fourth-order valence-electron chi connectivity index (χ4n) is 3.40. The van der Waals surface area contributed by atoms with E-state index in [1.54, 1.807) is 0 Å². The van der Waals surface area contributed by atoms with Gasteiger partial charge in [0, 0.05) is 26.2 Å². The number of aryl methyl sites for hydroxylation is 1. The van der Waals surface area contributed by atoms with Crippen molar-refractivity contribution in [1.29, 1.82) is 0 Å². The molecule has 25 heavy (non-hydrogen) atoms. The highest BCUT2D eigenvalue weighted by atomic mass is 16.2. The Bertz CT molecular complexity index is 723. The van der Waals surface area contributed by atoms with Gasteiger partial charge in [-0.2, -0.15) is 5.10 Å². The highest BCUT2D eigenvalue weighted by Gasteiger charge is 2.32. The Morgan fingerprint density at radius 2 is 1.96 bits per heavy atom. The molecular weight excluding hydrogens is 312 g/mol. The zero-order valence-electron chi connectivity index (χ0n) is 15.6. The minimum atomic E-state index is 0.0788. The summed E-state index contributed by atoms with van der Waals surface area (Å²) in [6, 6.07) is 12.4. The second kappa shape index (κ2) is 7.40. The summed E-state index contributed by atoms with van der Waals surface area (Å²) in [6.07, 6.45) is 0. The lowest BCUT2D eigenvalue weighted by molar-refractivity contribution is 0.0486. The highest BCUT2D eigenvalue weighted by Crippen LogP contribution is 2.27. The molecule has 1 aromatic carbocycles. The third kappa shape index (κ3) is 3.61. The van der Waals surface area contributed by atoms with Crippen LogP contribution in [0.15, 0.2) is 36.4 Å². The van der Waals surface area contributed by atoms with Crippen molar-refractivity contribution < 1.29 is 4.79 Å². The molecule has 0 unspecified atom stereocenters. The van der Waals surface area contributed by atoms with E-state index in [0.717, 1.165) is 25.3 Å². The molecule has 1 aliphatic heterocycles. The number of likely N-dealkylation sites (N-methyl/N-ethyl adjacent to an activating group) is 1. The molecule has 2 aromatic rings. The van der Waals surface area contributed by atoms with Gasteiger partial charge < -0.3 is 9.80 Å². The SMILES string of the molecule is CCn1nc(C(C)C)cc1C(=O)N1CCN(C)C[C@@H]1c1ccccc1. The Balaban J connectivity index is 1.94. The second-order valence-corrected chi connectivity index (χ2v) is 7.11. The molecular formula is C20H28N4O. The van der Waals surface area contributed by atoms with Crippen LogP contribution >= 0.6 is 0 Å². The van der Waals surface area contributed by atoms with E-state index in [1.807, 2.05) is 40.8 Å². The Hall–Kier alpha value is -2.14. The normalized spacial score (nSPS) is 18.8. The van der Waals surface area contributed by atoms with Gasteiger partial charge in [0.1, 0.15) is 5.69 Å². The molecule has 134 valence electrons. The molecule has 2 heterocycles. The minimum Gasteiger partial charge on any atom is -0.328 e. The van der Waals surface area contributed by atoms with E-state index in [9.17, 15) is 4.79 Å². The van der Waals surface area contributed by atoms with E-state index in [0.29, 0.717) is 18.2 Å². The van der Waals surface area contributed by atoms with Gasteiger partial charge in [-0.05, 0) is 31.5 Å². The van der Waals surface area contributed by atoms with Crippen LogP contribution in [0.3, 0.4) is 0 Å². The van der Waals surface area contributed by atoms with Crippen molar-refractivity contribution in [3.8, 4) is 0 Å². The van der Waals surface area contributed by atoms with Crippen molar-refractivity contribution in [3.05, 3.63) is 53.3 Å². The van der Waals surface area contributed by atoms with E-state index < -0.39 is 0 Å². The van der Waals surface area contributed by atoms with Crippen molar-refractivity contribution >= 4 is 5.91 Å². The van der Waals surface area contributed by atoms with Crippen LogP contribution in [-0.4, -0.2) is 52.2 Å². The number of rotatable bonds is 4. The maximum absolute atomic E-state index is 13.4. The van der Waals surface area contributed by atoms with Crippen molar-refractivity contribution in [3.63, 3.8) is 0 Å². The highest BCUT2D eigenvalue weighted by molar-refractivity contribution is 5.93. The maximum Gasteiger partial charge on any atom is 0.272 e. The lowest BCUT2D eigenvalue weighted by Gasteiger charge is -2.40. The quantitative estimate of drug-likeness (QED) is 0.858. The summed E-state index contributed by atoms with van der Waals surface area (Å²) in [7, 11) is 2.12. The van der Waals surface area contributed by atoms with Gasteiger partial charge in [0.05, 0.1) is 11.7 Å². The van der Waals surface area contributed by atoms with Crippen LogP contribution in [-0.2, 0) is 6.54 Å². The monoisotopic (exact) mass is 340 g/mol. The third-order valence-electron chi connectivity index (χ3n) is 4.94. The predicted octanol–water partition coefficient (Wildman–Crippen LogP) is 3.16. The summed E-state index contributed by atoms with van der Waals surface area (Å²) in [6.45, 7) is 9.45. The molecule has 0 N–H and O–H groups in total. The van der Waals surface area contributed by atoms with Crippen LogP contribution in [0, 0.1) is 0 Å². The Labute approximate surface area is 150 Å². The van der Waals surface area contributed by atoms with Crippen molar-refractivity contribution in [2.75, 3.05) is 26.7 Å². The summed E-state index contributed by atoms with van der Waals surface area (Å²) >= 11 is 0. The average Bonchev–Trinajstić information content (AvgIpc) is 3.06. The molecule has 1 fully saturated rings. The zero-order chi connectivity index (χ0) is 18.0. The fraction of sp³-hybridized carbons (Fsp3) is 0.500. The molecule has 0 bridgehead atoms. The van der Waals surface area contributed by atoms with Crippen molar-refractivity contribution in [1.82, 2.24) is 19.6 Å². The summed E-state index contributed by atoms with van der Waals surface area (Å²) in [5, 5.41) is 4.62. The topological polar surface area (TPSA) is 41.4 Å². The van der Waals surface area contributed by atoms with E-state index in [-0.39, 0.29) is 11.9 Å². The molecule has 5 heteroatoms. The molecule has 0 saturated carbocycles. The number of carbonyl (C=O) groups is 1. The molecule has 5 nitrogen and oxygen atoms in total. The first-order chi connectivity index (χ1) is 12.0. The smallest absolute Gasteiger partial charge is 0.272 e. The zero-order valence-corrected chi connectivity index (χ0v) is 15.6. The third-order valence-corrected chi connectivity index (χ3v) is 4.94. The van der Waals surface area contributed by atoms with Gasteiger partial charge in [0.25, 0.3) is 5.91 Å². The molecule has 1 aromatic heterocycles. The van der Waals surface area contributed by atoms with E-state index in [2.05, 4.69) is 43.0 Å². The Morgan fingerprint density at radius 1 is 1.24 bits per heavy atom. The second-order valence-electron chi connectivity index (χ2n) is 7.11. The molecule has 1 saturated heterocycles. The number of carbonyl (C=O) groups excluding carboxylic acids is 1. The molecule has 1 aliphatic rings. The fourth-order valence-corrected chi connectivity index (χ4v) is 3.40. The number of hydrogen-bond acceptors (Lipinski definition) is 3. The number of aromatic nitrogens is 2. The summed E-state index contributed by atoms with van der Waals surface area (Å²) in [4.78, 5) is 17.7. The van der Waals surface area contributed by atoms with Crippen molar-refractivity contribution in [2.24, 2.45) is 0 Å². The lowest BCUT2D eigenvalue weighted by atomic mass is 10.0. The van der Waals surface area contributed by atoms with Gasteiger partial charge in [-0.3, -0.25) is 9.48 Å². The largest absolute Gasteiger partial charge is 0.328 e. The van der Waals surface area contributed by atoms with Gasteiger partial charge in [-0.25, -0.2) is 0 Å². The van der Waals surface area contributed by atoms with E-state index in [1.165, 1.54) is 5.56 Å².